The Morgan fingerprint density at radius 3 is 2.41 bits per heavy atom. The topological polar surface area (TPSA) is 71.3 Å². The summed E-state index contributed by atoms with van der Waals surface area (Å²) >= 11 is 5.77. The molecule has 0 spiro atoms. The van der Waals surface area contributed by atoms with Crippen molar-refractivity contribution in [3.05, 3.63) is 97.0 Å². The molecule has 1 N–H and O–H groups in total. The van der Waals surface area contributed by atoms with E-state index in [0.29, 0.717) is 18.9 Å². The molecule has 3 rings (SSSR count). The summed E-state index contributed by atoms with van der Waals surface area (Å²) in [7, 11) is 1.60. The third kappa shape index (κ3) is 6.84. The van der Waals surface area contributed by atoms with Crippen LogP contribution in [0.3, 0.4) is 0 Å². The number of benzene rings is 3. The lowest BCUT2D eigenvalue weighted by Crippen LogP contribution is -2.23. The largest absolute Gasteiger partial charge is 0.497 e. The number of nitrogens with zero attached hydrogens (tertiary/aromatic N) is 1. The minimum absolute atomic E-state index is 0.0259. The van der Waals surface area contributed by atoms with Gasteiger partial charge in [-0.15, -0.1) is 0 Å². The predicted molar refractivity (Wildman–Crippen MR) is 136 cm³/mol. The zero-order valence-electron chi connectivity index (χ0n) is 17.3. The molecule has 0 aliphatic rings. The summed E-state index contributed by atoms with van der Waals surface area (Å²) in [5.74, 6) is 0.996. The Kier molecular flexibility index (Phi) is 8.71. The standard InChI is InChI=1S/C25H20BrIN2O3/c1-31-22-9-4-17(5-10-22)15-29-25(30)20(14-28)12-19-6-11-24(23(26)13-19)32-16-18-2-7-21(27)8-3-18/h2-13H,15-16H2,1H3,(H,29,30)/b20-12-. The quantitative estimate of drug-likeness (QED) is 0.199. The maximum Gasteiger partial charge on any atom is 0.262 e. The van der Waals surface area contributed by atoms with Gasteiger partial charge < -0.3 is 14.8 Å². The van der Waals surface area contributed by atoms with Crippen LogP contribution in [0.15, 0.2) is 76.8 Å². The first kappa shape index (κ1) is 23.8. The van der Waals surface area contributed by atoms with Crippen molar-refractivity contribution in [2.24, 2.45) is 0 Å². The van der Waals surface area contributed by atoms with Crippen LogP contribution in [-0.2, 0) is 17.9 Å². The van der Waals surface area contributed by atoms with Crippen LogP contribution in [0.25, 0.3) is 6.08 Å². The smallest absolute Gasteiger partial charge is 0.262 e. The third-order valence-electron chi connectivity index (χ3n) is 4.55. The fourth-order valence-electron chi connectivity index (χ4n) is 2.80. The van der Waals surface area contributed by atoms with Gasteiger partial charge >= 0.3 is 0 Å². The number of nitriles is 1. The molecular formula is C25H20BrIN2O3. The highest BCUT2D eigenvalue weighted by Gasteiger charge is 2.10. The lowest BCUT2D eigenvalue weighted by Gasteiger charge is -2.09. The van der Waals surface area contributed by atoms with Crippen molar-refractivity contribution >= 4 is 50.5 Å². The zero-order valence-corrected chi connectivity index (χ0v) is 21.0. The molecule has 0 unspecified atom stereocenters. The van der Waals surface area contributed by atoms with Gasteiger partial charge in [0.05, 0.1) is 11.6 Å². The number of hydrogen-bond acceptors (Lipinski definition) is 4. The molecule has 3 aromatic carbocycles. The van der Waals surface area contributed by atoms with Gasteiger partial charge in [0.25, 0.3) is 5.91 Å². The van der Waals surface area contributed by atoms with Crippen LogP contribution in [0.2, 0.25) is 0 Å². The number of rotatable bonds is 8. The summed E-state index contributed by atoms with van der Waals surface area (Å²) in [6, 6.07) is 22.9. The van der Waals surface area contributed by atoms with Crippen molar-refractivity contribution < 1.29 is 14.3 Å². The first-order valence-electron chi connectivity index (χ1n) is 9.68. The summed E-state index contributed by atoms with van der Waals surface area (Å²) in [5, 5.41) is 12.2. The van der Waals surface area contributed by atoms with Gasteiger partial charge in [-0.2, -0.15) is 5.26 Å². The summed E-state index contributed by atoms with van der Waals surface area (Å²) in [5.41, 5.74) is 2.73. The molecule has 0 fully saturated rings. The van der Waals surface area contributed by atoms with E-state index in [-0.39, 0.29) is 5.57 Å². The first-order chi connectivity index (χ1) is 15.5. The van der Waals surface area contributed by atoms with E-state index in [1.165, 1.54) is 3.57 Å². The van der Waals surface area contributed by atoms with Crippen molar-refractivity contribution in [1.29, 1.82) is 5.26 Å². The molecule has 7 heteroatoms. The molecule has 0 aromatic heterocycles. The Bertz CT molecular complexity index is 1150. The van der Waals surface area contributed by atoms with Crippen molar-refractivity contribution in [2.75, 3.05) is 7.11 Å². The number of amides is 1. The van der Waals surface area contributed by atoms with Gasteiger partial charge in [0, 0.05) is 10.1 Å². The van der Waals surface area contributed by atoms with Gasteiger partial charge in [-0.1, -0.05) is 30.3 Å². The Hall–Kier alpha value is -2.83. The van der Waals surface area contributed by atoms with Crippen molar-refractivity contribution in [2.45, 2.75) is 13.2 Å². The number of halogens is 2. The second kappa shape index (κ2) is 11.7. The molecular weight excluding hydrogens is 583 g/mol. The van der Waals surface area contributed by atoms with E-state index >= 15 is 0 Å². The molecule has 3 aromatic rings. The number of hydrogen-bond donors (Lipinski definition) is 1. The van der Waals surface area contributed by atoms with Crippen LogP contribution in [0, 0.1) is 14.9 Å². The Labute approximate surface area is 209 Å². The first-order valence-corrected chi connectivity index (χ1v) is 11.6. The van der Waals surface area contributed by atoms with E-state index in [1.807, 2.05) is 72.8 Å². The molecule has 0 heterocycles. The van der Waals surface area contributed by atoms with Gasteiger partial charge in [0.2, 0.25) is 0 Å². The molecule has 0 atom stereocenters. The molecule has 0 bridgehead atoms. The van der Waals surface area contributed by atoms with Gasteiger partial charge in [0.15, 0.2) is 0 Å². The average Bonchev–Trinajstić information content (AvgIpc) is 2.81. The zero-order chi connectivity index (χ0) is 22.9. The van der Waals surface area contributed by atoms with E-state index in [4.69, 9.17) is 9.47 Å². The number of carbonyl (C=O) groups excluding carboxylic acids is 1. The minimum Gasteiger partial charge on any atom is -0.497 e. The predicted octanol–water partition coefficient (Wildman–Crippen LogP) is 5.86. The average molecular weight is 603 g/mol. The fourth-order valence-corrected chi connectivity index (χ4v) is 3.67. The van der Waals surface area contributed by atoms with Crippen LogP contribution in [0.1, 0.15) is 16.7 Å². The van der Waals surface area contributed by atoms with Crippen LogP contribution >= 0.6 is 38.5 Å². The second-order valence-corrected chi connectivity index (χ2v) is 8.91. The summed E-state index contributed by atoms with van der Waals surface area (Å²) in [6.07, 6.45) is 1.55. The van der Waals surface area contributed by atoms with E-state index in [9.17, 15) is 10.1 Å². The highest BCUT2D eigenvalue weighted by Crippen LogP contribution is 2.28. The molecule has 32 heavy (non-hydrogen) atoms. The van der Waals surface area contributed by atoms with Crippen molar-refractivity contribution in [3.63, 3.8) is 0 Å². The molecule has 0 radical (unpaired) electrons. The highest BCUT2D eigenvalue weighted by atomic mass is 127. The third-order valence-corrected chi connectivity index (χ3v) is 5.89. The monoisotopic (exact) mass is 602 g/mol. The van der Waals surface area contributed by atoms with E-state index in [0.717, 1.165) is 26.9 Å². The van der Waals surface area contributed by atoms with Crippen LogP contribution in [-0.4, -0.2) is 13.0 Å². The Morgan fingerprint density at radius 1 is 1.09 bits per heavy atom. The molecule has 1 amide bonds. The molecule has 5 nitrogen and oxygen atoms in total. The fraction of sp³-hybridized carbons (Fsp3) is 0.120. The number of nitrogens with one attached hydrogen (secondary N) is 1. The lowest BCUT2D eigenvalue weighted by atomic mass is 10.1. The van der Waals surface area contributed by atoms with Crippen LogP contribution in [0.4, 0.5) is 0 Å². The highest BCUT2D eigenvalue weighted by molar-refractivity contribution is 14.1. The molecule has 162 valence electrons. The van der Waals surface area contributed by atoms with Crippen LogP contribution < -0.4 is 14.8 Å². The van der Waals surface area contributed by atoms with E-state index in [1.54, 1.807) is 13.2 Å². The maximum absolute atomic E-state index is 12.4. The SMILES string of the molecule is COc1ccc(CNC(=O)/C(C#N)=C\c2ccc(OCc3ccc(I)cc3)c(Br)c2)cc1. The molecule has 0 saturated carbocycles. The Morgan fingerprint density at radius 2 is 1.78 bits per heavy atom. The van der Waals surface area contributed by atoms with E-state index in [2.05, 4.69) is 43.8 Å². The number of carbonyl (C=O) groups is 1. The maximum atomic E-state index is 12.4. The van der Waals surface area contributed by atoms with Gasteiger partial charge in [0.1, 0.15) is 29.7 Å². The molecule has 0 aliphatic heterocycles. The summed E-state index contributed by atoms with van der Waals surface area (Å²) < 4.78 is 12.9. The summed E-state index contributed by atoms with van der Waals surface area (Å²) in [4.78, 5) is 12.4. The molecule has 0 aliphatic carbocycles. The Balaban J connectivity index is 1.62. The van der Waals surface area contributed by atoms with Gasteiger partial charge in [-0.3, -0.25) is 4.79 Å². The van der Waals surface area contributed by atoms with Gasteiger partial charge in [-0.25, -0.2) is 0 Å². The molecule has 0 saturated heterocycles. The van der Waals surface area contributed by atoms with Crippen molar-refractivity contribution in [3.8, 4) is 17.6 Å². The van der Waals surface area contributed by atoms with Crippen molar-refractivity contribution in [1.82, 2.24) is 5.32 Å². The summed E-state index contributed by atoms with van der Waals surface area (Å²) in [6.45, 7) is 0.763. The second-order valence-electron chi connectivity index (χ2n) is 6.81. The number of methoxy groups -OCH3 is 1. The van der Waals surface area contributed by atoms with Gasteiger partial charge in [-0.05, 0) is 97.7 Å². The van der Waals surface area contributed by atoms with E-state index < -0.39 is 5.91 Å². The normalized spacial score (nSPS) is 10.9. The lowest BCUT2D eigenvalue weighted by molar-refractivity contribution is -0.117. The van der Waals surface area contributed by atoms with Crippen LogP contribution in [0.5, 0.6) is 11.5 Å². The number of ether oxygens (including phenoxy) is 2. The minimum atomic E-state index is -0.432.